The van der Waals surface area contributed by atoms with Crippen LogP contribution in [-0.4, -0.2) is 10.9 Å². The molecule has 1 atom stereocenters. The number of hydrogen-bond acceptors (Lipinski definition) is 5. The summed E-state index contributed by atoms with van der Waals surface area (Å²) in [5.41, 5.74) is 5.15. The Morgan fingerprint density at radius 3 is 2.48 bits per heavy atom. The maximum atomic E-state index is 11.4. The summed E-state index contributed by atoms with van der Waals surface area (Å²) in [5, 5.41) is 11.7. The van der Waals surface area contributed by atoms with Crippen molar-refractivity contribution < 1.29 is 9.21 Å². The standard InChI is InChI=1S/C25H20N4O2/c1-16-15-25(29-28-16,24-27-22-8-3-4-9-23(22)31-24)20-12-10-18(11-13-20)19-6-5-7-21(14-19)26-17(2)30/h3-15H,1-2H3,(H,26,30). The van der Waals surface area contributed by atoms with E-state index in [1.165, 1.54) is 6.92 Å². The highest BCUT2D eigenvalue weighted by Gasteiger charge is 2.40. The highest BCUT2D eigenvalue weighted by Crippen LogP contribution is 2.41. The molecule has 1 aliphatic rings. The summed E-state index contributed by atoms with van der Waals surface area (Å²) in [6, 6.07) is 23.5. The van der Waals surface area contributed by atoms with E-state index in [0.29, 0.717) is 5.89 Å². The molecule has 1 unspecified atom stereocenters. The first-order chi connectivity index (χ1) is 15.0. The van der Waals surface area contributed by atoms with Crippen molar-refractivity contribution in [2.24, 2.45) is 10.2 Å². The predicted octanol–water partition coefficient (Wildman–Crippen LogP) is 6.07. The third-order valence-corrected chi connectivity index (χ3v) is 5.24. The van der Waals surface area contributed by atoms with Gasteiger partial charge < -0.3 is 9.73 Å². The first-order valence-electron chi connectivity index (χ1n) is 10.0. The monoisotopic (exact) mass is 408 g/mol. The van der Waals surface area contributed by atoms with Gasteiger partial charge in [0.2, 0.25) is 17.3 Å². The average molecular weight is 408 g/mol. The van der Waals surface area contributed by atoms with Crippen molar-refractivity contribution >= 4 is 22.7 Å². The van der Waals surface area contributed by atoms with Crippen molar-refractivity contribution in [1.29, 1.82) is 0 Å². The lowest BCUT2D eigenvalue weighted by Crippen LogP contribution is -2.21. The van der Waals surface area contributed by atoms with E-state index >= 15 is 0 Å². The van der Waals surface area contributed by atoms with Gasteiger partial charge in [-0.3, -0.25) is 4.79 Å². The van der Waals surface area contributed by atoms with E-state index in [1.807, 2.05) is 85.8 Å². The van der Waals surface area contributed by atoms with Gasteiger partial charge >= 0.3 is 0 Å². The summed E-state index contributed by atoms with van der Waals surface area (Å²) in [7, 11) is 0. The molecule has 0 saturated carbocycles. The number of allylic oxidation sites excluding steroid dienone is 1. The highest BCUT2D eigenvalue weighted by atomic mass is 16.4. The molecular weight excluding hydrogens is 388 g/mol. The summed E-state index contributed by atoms with van der Waals surface area (Å²) in [4.78, 5) is 16.1. The molecule has 1 N–H and O–H groups in total. The second-order valence-corrected chi connectivity index (χ2v) is 7.58. The number of amides is 1. The van der Waals surface area contributed by atoms with E-state index in [0.717, 1.165) is 39.2 Å². The zero-order chi connectivity index (χ0) is 21.4. The first kappa shape index (κ1) is 18.9. The Morgan fingerprint density at radius 1 is 0.968 bits per heavy atom. The third kappa shape index (κ3) is 3.42. The number of oxazole rings is 1. The quantitative estimate of drug-likeness (QED) is 0.445. The molecule has 1 aliphatic heterocycles. The van der Waals surface area contributed by atoms with Gasteiger partial charge in [-0.2, -0.15) is 10.2 Å². The van der Waals surface area contributed by atoms with Gasteiger partial charge in [0.25, 0.3) is 0 Å². The van der Waals surface area contributed by atoms with Crippen LogP contribution in [0.5, 0.6) is 0 Å². The van der Waals surface area contributed by atoms with Gasteiger partial charge in [-0.05, 0) is 54.0 Å². The number of aromatic nitrogens is 1. The molecule has 5 rings (SSSR count). The van der Waals surface area contributed by atoms with Crippen LogP contribution in [0, 0.1) is 0 Å². The van der Waals surface area contributed by atoms with E-state index in [2.05, 4.69) is 15.5 Å². The summed E-state index contributed by atoms with van der Waals surface area (Å²) in [5.74, 6) is 0.399. The fourth-order valence-electron chi connectivity index (χ4n) is 3.82. The van der Waals surface area contributed by atoms with Crippen LogP contribution in [0.4, 0.5) is 5.69 Å². The fraction of sp³-hybridized carbons (Fsp3) is 0.120. The van der Waals surface area contributed by atoms with E-state index < -0.39 is 5.54 Å². The number of carbonyl (C=O) groups is 1. The molecule has 0 bridgehead atoms. The van der Waals surface area contributed by atoms with Gasteiger partial charge in [0.05, 0.1) is 5.70 Å². The molecule has 0 spiro atoms. The van der Waals surface area contributed by atoms with Crippen LogP contribution in [0.25, 0.3) is 22.2 Å². The van der Waals surface area contributed by atoms with Crippen LogP contribution in [0.1, 0.15) is 25.3 Å². The number of carbonyl (C=O) groups excluding carboxylic acids is 1. The molecule has 6 heteroatoms. The lowest BCUT2D eigenvalue weighted by Gasteiger charge is -2.19. The molecule has 0 fully saturated rings. The van der Waals surface area contributed by atoms with Crippen LogP contribution < -0.4 is 5.32 Å². The minimum Gasteiger partial charge on any atom is -0.437 e. The van der Waals surface area contributed by atoms with Crippen LogP contribution in [0.15, 0.2) is 99.2 Å². The molecule has 0 radical (unpaired) electrons. The lowest BCUT2D eigenvalue weighted by atomic mass is 9.89. The Labute approximate surface area is 179 Å². The summed E-state index contributed by atoms with van der Waals surface area (Å²) >= 11 is 0. The van der Waals surface area contributed by atoms with Crippen LogP contribution in [0.2, 0.25) is 0 Å². The number of benzene rings is 3. The molecule has 6 nitrogen and oxygen atoms in total. The maximum absolute atomic E-state index is 11.4. The number of hydrogen-bond donors (Lipinski definition) is 1. The van der Waals surface area contributed by atoms with E-state index in [1.54, 1.807) is 0 Å². The first-order valence-corrected chi connectivity index (χ1v) is 10.0. The molecule has 31 heavy (non-hydrogen) atoms. The van der Waals surface area contributed by atoms with Crippen LogP contribution in [0.3, 0.4) is 0 Å². The summed E-state index contributed by atoms with van der Waals surface area (Å²) in [6.07, 6.45) is 1.98. The second-order valence-electron chi connectivity index (χ2n) is 7.58. The Kier molecular flexibility index (Phi) is 4.47. The molecule has 1 aromatic heterocycles. The maximum Gasteiger partial charge on any atom is 0.234 e. The summed E-state index contributed by atoms with van der Waals surface area (Å²) in [6.45, 7) is 3.41. The normalized spacial score (nSPS) is 17.7. The van der Waals surface area contributed by atoms with Crippen molar-refractivity contribution in [2.75, 3.05) is 5.32 Å². The van der Waals surface area contributed by atoms with Gasteiger partial charge in [-0.1, -0.05) is 48.5 Å². The van der Waals surface area contributed by atoms with Crippen LogP contribution >= 0.6 is 0 Å². The molecule has 0 saturated heterocycles. The Morgan fingerprint density at radius 2 is 1.77 bits per heavy atom. The summed E-state index contributed by atoms with van der Waals surface area (Å²) < 4.78 is 6.08. The largest absolute Gasteiger partial charge is 0.437 e. The Balaban J connectivity index is 1.55. The van der Waals surface area contributed by atoms with E-state index in [-0.39, 0.29) is 5.91 Å². The molecule has 3 aromatic carbocycles. The molecule has 1 amide bonds. The molecule has 0 aliphatic carbocycles. The topological polar surface area (TPSA) is 79.9 Å². The zero-order valence-electron chi connectivity index (χ0n) is 17.2. The minimum absolute atomic E-state index is 0.0958. The highest BCUT2D eigenvalue weighted by molar-refractivity contribution is 5.89. The number of anilines is 1. The fourth-order valence-corrected chi connectivity index (χ4v) is 3.82. The smallest absolute Gasteiger partial charge is 0.234 e. The zero-order valence-corrected chi connectivity index (χ0v) is 17.2. The minimum atomic E-state index is -0.889. The Hall–Kier alpha value is -4.06. The van der Waals surface area contributed by atoms with Gasteiger partial charge in [0, 0.05) is 12.6 Å². The number of fused-ring (bicyclic) bond motifs is 1. The van der Waals surface area contributed by atoms with Crippen LogP contribution in [-0.2, 0) is 10.3 Å². The van der Waals surface area contributed by atoms with E-state index in [9.17, 15) is 4.79 Å². The average Bonchev–Trinajstić information content (AvgIpc) is 3.38. The SMILES string of the molecule is CC(=O)Nc1cccc(-c2ccc(C3(c4nc5ccccc5o4)C=C(C)N=N3)cc2)c1. The van der Waals surface area contributed by atoms with Crippen molar-refractivity contribution in [3.05, 3.63) is 96.0 Å². The molecule has 152 valence electrons. The van der Waals surface area contributed by atoms with Crippen molar-refractivity contribution in [3.8, 4) is 11.1 Å². The van der Waals surface area contributed by atoms with Crippen molar-refractivity contribution in [1.82, 2.24) is 4.98 Å². The second kappa shape index (κ2) is 7.32. The van der Waals surface area contributed by atoms with Gasteiger partial charge in [-0.25, -0.2) is 4.98 Å². The molecule has 2 heterocycles. The number of nitrogens with zero attached hydrogens (tertiary/aromatic N) is 3. The van der Waals surface area contributed by atoms with E-state index in [4.69, 9.17) is 9.40 Å². The number of azo groups is 1. The predicted molar refractivity (Wildman–Crippen MR) is 120 cm³/mol. The molecular formula is C25H20N4O2. The van der Waals surface area contributed by atoms with Gasteiger partial charge in [0.1, 0.15) is 5.52 Å². The lowest BCUT2D eigenvalue weighted by molar-refractivity contribution is -0.114. The number of rotatable bonds is 4. The molecule has 4 aromatic rings. The van der Waals surface area contributed by atoms with Crippen molar-refractivity contribution in [3.63, 3.8) is 0 Å². The Bertz CT molecular complexity index is 1320. The van der Waals surface area contributed by atoms with Gasteiger partial charge in [0.15, 0.2) is 5.58 Å². The number of para-hydroxylation sites is 2. The number of nitrogens with one attached hydrogen (secondary N) is 1. The van der Waals surface area contributed by atoms with Crippen molar-refractivity contribution in [2.45, 2.75) is 19.4 Å². The van der Waals surface area contributed by atoms with Gasteiger partial charge in [-0.15, -0.1) is 0 Å². The third-order valence-electron chi connectivity index (χ3n) is 5.24.